The topological polar surface area (TPSA) is 54.9 Å². The predicted molar refractivity (Wildman–Crippen MR) is 90.6 cm³/mol. The molecule has 0 unspecified atom stereocenters. The van der Waals surface area contributed by atoms with Crippen molar-refractivity contribution in [3.05, 3.63) is 89.0 Å². The first-order valence-corrected chi connectivity index (χ1v) is 7.86. The number of nitrogens with zero attached hydrogens (tertiary/aromatic N) is 2. The second-order valence-electron chi connectivity index (χ2n) is 5.66. The van der Waals surface area contributed by atoms with E-state index < -0.39 is 23.3 Å². The summed E-state index contributed by atoms with van der Waals surface area (Å²) in [4.78, 5) is 20.3. The second kappa shape index (κ2) is 7.53. The van der Waals surface area contributed by atoms with Crippen LogP contribution in [-0.4, -0.2) is 15.8 Å². The number of hydrogen-bond donors (Lipinski definition) is 1. The van der Waals surface area contributed by atoms with Crippen LogP contribution in [0.15, 0.2) is 60.9 Å². The van der Waals surface area contributed by atoms with Gasteiger partial charge in [-0.2, -0.15) is 13.2 Å². The van der Waals surface area contributed by atoms with E-state index in [1.54, 1.807) is 0 Å². The lowest BCUT2D eigenvalue weighted by molar-refractivity contribution is -0.140. The van der Waals surface area contributed by atoms with Crippen molar-refractivity contribution in [1.29, 1.82) is 0 Å². The van der Waals surface area contributed by atoms with E-state index in [1.165, 1.54) is 12.4 Å². The molecular formula is C19H13F4N3O. The first-order chi connectivity index (χ1) is 12.8. The van der Waals surface area contributed by atoms with Crippen LogP contribution in [0.4, 0.5) is 23.5 Å². The van der Waals surface area contributed by atoms with E-state index in [0.29, 0.717) is 18.7 Å². The van der Waals surface area contributed by atoms with E-state index in [-0.39, 0.29) is 17.1 Å². The van der Waals surface area contributed by atoms with Crippen molar-refractivity contribution in [3.63, 3.8) is 0 Å². The molecule has 4 nitrogen and oxygen atoms in total. The minimum Gasteiger partial charge on any atom is -0.350 e. The third-order valence-electron chi connectivity index (χ3n) is 3.74. The molecular weight excluding hydrogens is 362 g/mol. The van der Waals surface area contributed by atoms with Crippen molar-refractivity contribution in [2.45, 2.75) is 12.7 Å². The second-order valence-corrected chi connectivity index (χ2v) is 5.66. The molecule has 0 bridgehead atoms. The summed E-state index contributed by atoms with van der Waals surface area (Å²) < 4.78 is 51.7. The lowest BCUT2D eigenvalue weighted by Crippen LogP contribution is -2.11. The van der Waals surface area contributed by atoms with Crippen LogP contribution in [0.1, 0.15) is 27.0 Å². The largest absolute Gasteiger partial charge is 0.419 e. The van der Waals surface area contributed by atoms with Crippen molar-refractivity contribution < 1.29 is 22.4 Å². The fourth-order valence-corrected chi connectivity index (χ4v) is 2.36. The maximum absolute atomic E-state index is 13.3. The average molecular weight is 375 g/mol. The number of carbonyl (C=O) groups excluding carboxylic acids is 1. The summed E-state index contributed by atoms with van der Waals surface area (Å²) >= 11 is 0. The smallest absolute Gasteiger partial charge is 0.350 e. The molecule has 0 aliphatic rings. The van der Waals surface area contributed by atoms with E-state index in [9.17, 15) is 22.4 Å². The Morgan fingerprint density at radius 3 is 2.26 bits per heavy atom. The number of alkyl halides is 3. The molecule has 8 heteroatoms. The number of ketones is 1. The first kappa shape index (κ1) is 18.5. The Labute approximate surface area is 151 Å². The molecule has 0 saturated heterocycles. The molecule has 0 radical (unpaired) electrons. The molecule has 1 N–H and O–H groups in total. The van der Waals surface area contributed by atoms with Gasteiger partial charge < -0.3 is 5.32 Å². The number of hydrogen-bond acceptors (Lipinski definition) is 4. The Morgan fingerprint density at radius 1 is 0.963 bits per heavy atom. The number of aromatic nitrogens is 2. The predicted octanol–water partition coefficient (Wildman–Crippen LogP) is 4.48. The van der Waals surface area contributed by atoms with E-state index in [1.807, 2.05) is 30.3 Å². The van der Waals surface area contributed by atoms with Crippen molar-refractivity contribution in [3.8, 4) is 0 Å². The highest BCUT2D eigenvalue weighted by Gasteiger charge is 2.34. The number of benzene rings is 2. The molecule has 0 spiro atoms. The van der Waals surface area contributed by atoms with Crippen molar-refractivity contribution in [2.24, 2.45) is 0 Å². The molecule has 0 amide bonds. The van der Waals surface area contributed by atoms with Crippen LogP contribution in [-0.2, 0) is 12.7 Å². The van der Waals surface area contributed by atoms with Crippen molar-refractivity contribution >= 4 is 11.7 Å². The summed E-state index contributed by atoms with van der Waals surface area (Å²) in [6.07, 6.45) is -2.47. The fraction of sp³-hybridized carbons (Fsp3) is 0.105. The normalized spacial score (nSPS) is 11.3. The molecule has 0 saturated carbocycles. The zero-order valence-electron chi connectivity index (χ0n) is 13.8. The summed E-state index contributed by atoms with van der Waals surface area (Å²) in [5.41, 5.74) is -0.778. The lowest BCUT2D eigenvalue weighted by atomic mass is 10.0. The van der Waals surface area contributed by atoms with Gasteiger partial charge in [-0.25, -0.2) is 14.4 Å². The Kier molecular flexibility index (Phi) is 5.16. The van der Waals surface area contributed by atoms with E-state index >= 15 is 0 Å². The highest BCUT2D eigenvalue weighted by molar-refractivity contribution is 6.08. The number of halogens is 4. The third kappa shape index (κ3) is 4.46. The third-order valence-corrected chi connectivity index (χ3v) is 3.74. The van der Waals surface area contributed by atoms with Gasteiger partial charge >= 0.3 is 6.18 Å². The van der Waals surface area contributed by atoms with Gasteiger partial charge in [0.1, 0.15) is 5.82 Å². The Morgan fingerprint density at radius 2 is 1.63 bits per heavy atom. The van der Waals surface area contributed by atoms with Gasteiger partial charge in [0.2, 0.25) is 5.95 Å². The number of anilines is 1. The molecule has 27 heavy (non-hydrogen) atoms. The average Bonchev–Trinajstić information content (AvgIpc) is 2.66. The maximum atomic E-state index is 13.3. The van der Waals surface area contributed by atoms with Gasteiger partial charge in [0.15, 0.2) is 5.78 Å². The zero-order chi connectivity index (χ0) is 19.4. The SMILES string of the molecule is O=C(c1cnc(NCc2ccccc2)nc1)c1ccc(F)c(C(F)(F)F)c1. The molecule has 1 heterocycles. The van der Waals surface area contributed by atoms with E-state index in [0.717, 1.165) is 11.6 Å². The Balaban J connectivity index is 1.74. The standard InChI is InChI=1S/C19H13F4N3O/c20-16-7-6-13(8-15(16)19(21,22)23)17(27)14-10-25-18(26-11-14)24-9-12-4-2-1-3-5-12/h1-8,10-11H,9H2,(H,24,25,26). The summed E-state index contributed by atoms with van der Waals surface area (Å²) in [6.45, 7) is 0.473. The molecule has 3 aromatic rings. The van der Waals surface area contributed by atoms with Gasteiger partial charge in [0, 0.05) is 24.5 Å². The molecule has 0 atom stereocenters. The maximum Gasteiger partial charge on any atom is 0.419 e. The molecule has 138 valence electrons. The van der Waals surface area contributed by atoms with E-state index in [4.69, 9.17) is 0 Å². The number of carbonyl (C=O) groups is 1. The zero-order valence-corrected chi connectivity index (χ0v) is 13.8. The van der Waals surface area contributed by atoms with Gasteiger partial charge in [-0.1, -0.05) is 30.3 Å². The monoisotopic (exact) mass is 375 g/mol. The van der Waals surface area contributed by atoms with Gasteiger partial charge in [-0.3, -0.25) is 4.79 Å². The van der Waals surface area contributed by atoms with Crippen molar-refractivity contribution in [1.82, 2.24) is 9.97 Å². The molecule has 2 aromatic carbocycles. The Bertz CT molecular complexity index is 941. The molecule has 0 fully saturated rings. The first-order valence-electron chi connectivity index (χ1n) is 7.86. The summed E-state index contributed by atoms with van der Waals surface area (Å²) in [5, 5.41) is 2.97. The number of rotatable bonds is 5. The van der Waals surface area contributed by atoms with Crippen LogP contribution < -0.4 is 5.32 Å². The van der Waals surface area contributed by atoms with Gasteiger partial charge in [-0.15, -0.1) is 0 Å². The minimum atomic E-state index is -4.89. The summed E-state index contributed by atoms with van der Waals surface area (Å²) in [7, 11) is 0. The lowest BCUT2D eigenvalue weighted by Gasteiger charge is -2.10. The fourth-order valence-electron chi connectivity index (χ4n) is 2.36. The minimum absolute atomic E-state index is 0.00000577. The molecule has 0 aliphatic carbocycles. The number of nitrogens with one attached hydrogen (secondary N) is 1. The van der Waals surface area contributed by atoms with Gasteiger partial charge in [-0.05, 0) is 23.8 Å². The van der Waals surface area contributed by atoms with Crippen LogP contribution in [0.2, 0.25) is 0 Å². The van der Waals surface area contributed by atoms with Crippen LogP contribution in [0.3, 0.4) is 0 Å². The van der Waals surface area contributed by atoms with Crippen LogP contribution >= 0.6 is 0 Å². The highest BCUT2D eigenvalue weighted by atomic mass is 19.4. The highest BCUT2D eigenvalue weighted by Crippen LogP contribution is 2.32. The van der Waals surface area contributed by atoms with E-state index in [2.05, 4.69) is 15.3 Å². The van der Waals surface area contributed by atoms with Crippen LogP contribution in [0, 0.1) is 5.82 Å². The molecule has 1 aromatic heterocycles. The Hall–Kier alpha value is -3.29. The van der Waals surface area contributed by atoms with Gasteiger partial charge in [0.05, 0.1) is 11.1 Å². The molecule has 3 rings (SSSR count). The van der Waals surface area contributed by atoms with Gasteiger partial charge in [0.25, 0.3) is 0 Å². The van der Waals surface area contributed by atoms with Crippen LogP contribution in [0.5, 0.6) is 0 Å². The quantitative estimate of drug-likeness (QED) is 0.528. The molecule has 0 aliphatic heterocycles. The van der Waals surface area contributed by atoms with Crippen molar-refractivity contribution in [2.75, 3.05) is 5.32 Å². The summed E-state index contributed by atoms with van der Waals surface area (Å²) in [5.74, 6) is -1.89. The summed E-state index contributed by atoms with van der Waals surface area (Å²) in [6, 6.07) is 11.6. The van der Waals surface area contributed by atoms with Crippen LogP contribution in [0.25, 0.3) is 0 Å².